The molecule has 0 radical (unpaired) electrons. The molecule has 0 heterocycles. The maximum absolute atomic E-state index is 13.9. The lowest BCUT2D eigenvalue weighted by Crippen LogP contribution is -2.54. The van der Waals surface area contributed by atoms with Crippen molar-refractivity contribution < 1.29 is 22.7 Å². The topological polar surface area (TPSA) is 96.0 Å². The van der Waals surface area contributed by atoms with E-state index < -0.39 is 21.6 Å². The Morgan fingerprint density at radius 2 is 1.60 bits per heavy atom. The fraction of sp³-hybridized carbons (Fsp3) is 0.375. The van der Waals surface area contributed by atoms with Gasteiger partial charge in [-0.3, -0.25) is 13.9 Å². The van der Waals surface area contributed by atoms with E-state index in [4.69, 9.17) is 16.3 Å². The van der Waals surface area contributed by atoms with Crippen molar-refractivity contribution in [1.29, 1.82) is 0 Å². The van der Waals surface area contributed by atoms with Crippen LogP contribution in [0.2, 0.25) is 5.02 Å². The molecular formula is C32H40ClN3O5S. The number of halogens is 1. The molecule has 2 amide bonds. The van der Waals surface area contributed by atoms with Crippen molar-refractivity contribution in [2.45, 2.75) is 58.2 Å². The fourth-order valence-electron chi connectivity index (χ4n) is 4.66. The maximum Gasteiger partial charge on any atom is 0.243 e. The number of methoxy groups -OCH3 is 1. The van der Waals surface area contributed by atoms with E-state index in [0.717, 1.165) is 17.4 Å². The van der Waals surface area contributed by atoms with Crippen LogP contribution in [0, 0.1) is 0 Å². The molecule has 42 heavy (non-hydrogen) atoms. The van der Waals surface area contributed by atoms with Crippen LogP contribution in [-0.2, 0) is 32.6 Å². The molecule has 0 aromatic heterocycles. The van der Waals surface area contributed by atoms with Crippen LogP contribution in [0.25, 0.3) is 0 Å². The highest BCUT2D eigenvalue weighted by Crippen LogP contribution is 2.30. The van der Waals surface area contributed by atoms with Crippen molar-refractivity contribution >= 4 is 39.1 Å². The molecule has 3 aromatic carbocycles. The number of rotatable bonds is 13. The number of nitrogens with one attached hydrogen (secondary N) is 1. The van der Waals surface area contributed by atoms with Crippen LogP contribution in [0.4, 0.5) is 5.69 Å². The zero-order valence-corrected chi connectivity index (χ0v) is 26.4. The van der Waals surface area contributed by atoms with E-state index in [2.05, 4.69) is 5.32 Å². The summed E-state index contributed by atoms with van der Waals surface area (Å²) >= 11 is 6.26. The summed E-state index contributed by atoms with van der Waals surface area (Å²) in [4.78, 5) is 29.2. The molecule has 0 aliphatic carbocycles. The number of para-hydroxylation sites is 2. The highest BCUT2D eigenvalue weighted by atomic mass is 35.5. The van der Waals surface area contributed by atoms with Gasteiger partial charge in [0.05, 0.1) is 19.1 Å². The van der Waals surface area contributed by atoms with Gasteiger partial charge >= 0.3 is 0 Å². The van der Waals surface area contributed by atoms with E-state index in [1.54, 1.807) is 47.4 Å². The molecular weight excluding hydrogens is 574 g/mol. The zero-order chi connectivity index (χ0) is 30.9. The zero-order valence-electron chi connectivity index (χ0n) is 24.8. The summed E-state index contributed by atoms with van der Waals surface area (Å²) in [6.45, 7) is 5.91. The minimum Gasteiger partial charge on any atom is -0.495 e. The van der Waals surface area contributed by atoms with E-state index in [-0.39, 0.29) is 37.7 Å². The Labute approximate surface area is 254 Å². The summed E-state index contributed by atoms with van der Waals surface area (Å²) in [5.74, 6) is -0.124. The number of anilines is 1. The Morgan fingerprint density at radius 1 is 0.952 bits per heavy atom. The standard InChI is InChI=1S/C32H40ClN3O5S/c1-32(2,3)34-31(38)28(22-24-13-7-6-8-14-24)35(23-25-15-11-16-26(33)21-25)30(37)19-12-20-36(42(5,39)40)27-17-9-10-18-29(27)41-4/h6-11,13-18,21,28H,12,19-20,22-23H2,1-5H3,(H,34,38). The first kappa shape index (κ1) is 32.9. The summed E-state index contributed by atoms with van der Waals surface area (Å²) in [6, 6.07) is 22.8. The van der Waals surface area contributed by atoms with Crippen molar-refractivity contribution in [1.82, 2.24) is 10.2 Å². The summed E-state index contributed by atoms with van der Waals surface area (Å²) in [5.41, 5.74) is 1.58. The molecule has 10 heteroatoms. The van der Waals surface area contributed by atoms with Crippen molar-refractivity contribution in [3.05, 3.63) is 95.0 Å². The largest absolute Gasteiger partial charge is 0.495 e. The molecule has 3 aromatic rings. The lowest BCUT2D eigenvalue weighted by atomic mass is 10.00. The molecule has 0 saturated heterocycles. The SMILES string of the molecule is COc1ccccc1N(CCCC(=O)N(Cc1cccc(Cl)c1)C(Cc1ccccc1)C(=O)NC(C)(C)C)S(C)(=O)=O. The van der Waals surface area contributed by atoms with Crippen LogP contribution in [0.1, 0.15) is 44.7 Å². The van der Waals surface area contributed by atoms with Gasteiger partial charge in [0.25, 0.3) is 0 Å². The van der Waals surface area contributed by atoms with Gasteiger partial charge in [-0.1, -0.05) is 66.2 Å². The second kappa shape index (κ2) is 14.6. The van der Waals surface area contributed by atoms with E-state index in [1.807, 2.05) is 57.2 Å². The average molecular weight is 614 g/mol. The van der Waals surface area contributed by atoms with E-state index in [0.29, 0.717) is 22.9 Å². The number of ether oxygens (including phenoxy) is 1. The third kappa shape index (κ3) is 9.77. The van der Waals surface area contributed by atoms with Gasteiger partial charge in [0.1, 0.15) is 11.8 Å². The van der Waals surface area contributed by atoms with Crippen LogP contribution in [-0.4, -0.2) is 56.6 Å². The first-order chi connectivity index (χ1) is 19.8. The molecule has 1 unspecified atom stereocenters. The van der Waals surface area contributed by atoms with Crippen molar-refractivity contribution in [3.63, 3.8) is 0 Å². The Balaban J connectivity index is 1.92. The monoisotopic (exact) mass is 613 g/mol. The Bertz CT molecular complexity index is 1460. The summed E-state index contributed by atoms with van der Waals surface area (Å²) in [6.07, 6.45) is 1.69. The fourth-order valence-corrected chi connectivity index (χ4v) is 5.84. The molecule has 0 saturated carbocycles. The molecule has 0 bridgehead atoms. The normalized spacial score (nSPS) is 12.3. The number of sulfonamides is 1. The predicted molar refractivity (Wildman–Crippen MR) is 168 cm³/mol. The van der Waals surface area contributed by atoms with Gasteiger partial charge in [-0.2, -0.15) is 0 Å². The molecule has 0 aliphatic heterocycles. The van der Waals surface area contributed by atoms with E-state index in [9.17, 15) is 18.0 Å². The van der Waals surface area contributed by atoms with Crippen LogP contribution in [0.15, 0.2) is 78.9 Å². The molecule has 226 valence electrons. The number of carbonyl (C=O) groups excluding carboxylic acids is 2. The van der Waals surface area contributed by atoms with Crippen LogP contribution < -0.4 is 14.4 Å². The van der Waals surface area contributed by atoms with Crippen molar-refractivity contribution in [3.8, 4) is 5.75 Å². The second-order valence-corrected chi connectivity index (χ2v) is 13.6. The Hall–Kier alpha value is -3.56. The minimum atomic E-state index is -3.66. The highest BCUT2D eigenvalue weighted by Gasteiger charge is 2.32. The van der Waals surface area contributed by atoms with E-state index >= 15 is 0 Å². The third-order valence-corrected chi connectivity index (χ3v) is 7.93. The van der Waals surface area contributed by atoms with Gasteiger partial charge in [0.15, 0.2) is 0 Å². The summed E-state index contributed by atoms with van der Waals surface area (Å²) in [7, 11) is -2.18. The molecule has 8 nitrogen and oxygen atoms in total. The van der Waals surface area contributed by atoms with Crippen molar-refractivity contribution in [2.75, 3.05) is 24.2 Å². The summed E-state index contributed by atoms with van der Waals surface area (Å²) < 4.78 is 32.1. The van der Waals surface area contributed by atoms with Gasteiger partial charge in [0.2, 0.25) is 21.8 Å². The van der Waals surface area contributed by atoms with Crippen LogP contribution >= 0.6 is 11.6 Å². The van der Waals surface area contributed by atoms with Crippen LogP contribution in [0.3, 0.4) is 0 Å². The predicted octanol–water partition coefficient (Wildman–Crippen LogP) is 5.45. The first-order valence-corrected chi connectivity index (χ1v) is 16.0. The van der Waals surface area contributed by atoms with Gasteiger partial charge in [0, 0.05) is 36.5 Å². The molecule has 0 aliphatic rings. The lowest BCUT2D eigenvalue weighted by molar-refractivity contribution is -0.142. The first-order valence-electron chi connectivity index (χ1n) is 13.8. The average Bonchev–Trinajstić information content (AvgIpc) is 2.92. The van der Waals surface area contributed by atoms with Crippen LogP contribution in [0.5, 0.6) is 5.75 Å². The minimum absolute atomic E-state index is 0.0236. The number of hydrogen-bond acceptors (Lipinski definition) is 5. The maximum atomic E-state index is 13.9. The van der Waals surface area contributed by atoms with Gasteiger partial charge in [-0.15, -0.1) is 0 Å². The Morgan fingerprint density at radius 3 is 2.21 bits per heavy atom. The van der Waals surface area contributed by atoms with E-state index in [1.165, 1.54) is 11.4 Å². The molecule has 1 atom stereocenters. The number of nitrogens with zero attached hydrogens (tertiary/aromatic N) is 2. The molecule has 0 spiro atoms. The molecule has 0 fully saturated rings. The smallest absolute Gasteiger partial charge is 0.243 e. The number of carbonyl (C=O) groups is 2. The Kier molecular flexibility index (Phi) is 11.4. The summed E-state index contributed by atoms with van der Waals surface area (Å²) in [5, 5.41) is 3.57. The third-order valence-electron chi connectivity index (χ3n) is 6.52. The number of benzene rings is 3. The second-order valence-electron chi connectivity index (χ2n) is 11.2. The van der Waals surface area contributed by atoms with Gasteiger partial charge < -0.3 is 15.0 Å². The molecule has 3 rings (SSSR count). The van der Waals surface area contributed by atoms with Gasteiger partial charge in [-0.25, -0.2) is 8.42 Å². The van der Waals surface area contributed by atoms with Gasteiger partial charge in [-0.05, 0) is 62.6 Å². The number of amides is 2. The lowest BCUT2D eigenvalue weighted by Gasteiger charge is -2.34. The number of hydrogen-bond donors (Lipinski definition) is 1. The van der Waals surface area contributed by atoms with Crippen molar-refractivity contribution in [2.24, 2.45) is 0 Å². The quantitative estimate of drug-likeness (QED) is 0.277. The molecule has 1 N–H and O–H groups in total. The highest BCUT2D eigenvalue weighted by molar-refractivity contribution is 7.92.